The summed E-state index contributed by atoms with van der Waals surface area (Å²) in [5.41, 5.74) is 2.04. The molecule has 5 heteroatoms. The van der Waals surface area contributed by atoms with Crippen LogP contribution in [0.5, 0.6) is 11.5 Å². The maximum Gasteiger partial charge on any atom is 0.290 e. The summed E-state index contributed by atoms with van der Waals surface area (Å²) in [6.07, 6.45) is 6.20. The molecule has 5 nitrogen and oxygen atoms in total. The van der Waals surface area contributed by atoms with Crippen LogP contribution in [0.3, 0.4) is 0 Å². The molecular formula is C20H25N2O3+. The van der Waals surface area contributed by atoms with Crippen LogP contribution >= 0.6 is 0 Å². The molecule has 25 heavy (non-hydrogen) atoms. The highest BCUT2D eigenvalue weighted by atomic mass is 16.6. The van der Waals surface area contributed by atoms with Crippen molar-refractivity contribution in [2.75, 3.05) is 18.5 Å². The lowest BCUT2D eigenvalue weighted by Gasteiger charge is -2.18. The van der Waals surface area contributed by atoms with Crippen LogP contribution in [0.25, 0.3) is 0 Å². The number of nitrogens with one attached hydrogen (secondary N) is 1. The van der Waals surface area contributed by atoms with Crippen LogP contribution in [0.2, 0.25) is 0 Å². The van der Waals surface area contributed by atoms with Gasteiger partial charge >= 0.3 is 0 Å². The Morgan fingerprint density at radius 3 is 2.44 bits per heavy atom. The summed E-state index contributed by atoms with van der Waals surface area (Å²) in [5, 5.41) is 2.90. The van der Waals surface area contributed by atoms with E-state index in [2.05, 4.69) is 31.3 Å². The first-order chi connectivity index (χ1) is 12.2. The number of ether oxygens (including phenoxy) is 2. The van der Waals surface area contributed by atoms with Crippen LogP contribution in [-0.4, -0.2) is 19.1 Å². The molecule has 0 fully saturated rings. The molecule has 0 spiro atoms. The van der Waals surface area contributed by atoms with Gasteiger partial charge in [0.15, 0.2) is 23.9 Å². The zero-order valence-electron chi connectivity index (χ0n) is 14.8. The first-order valence-corrected chi connectivity index (χ1v) is 8.88. The Morgan fingerprint density at radius 2 is 1.76 bits per heavy atom. The maximum absolute atomic E-state index is 12.3. The molecule has 2 heterocycles. The van der Waals surface area contributed by atoms with E-state index in [-0.39, 0.29) is 12.5 Å². The second-order valence-corrected chi connectivity index (χ2v) is 6.22. The summed E-state index contributed by atoms with van der Waals surface area (Å²) in [4.78, 5) is 12.3. The number of anilines is 1. The van der Waals surface area contributed by atoms with Crippen LogP contribution in [-0.2, 0) is 11.3 Å². The van der Waals surface area contributed by atoms with Gasteiger partial charge in [-0.25, -0.2) is 0 Å². The smallest absolute Gasteiger partial charge is 0.290 e. The highest BCUT2D eigenvalue weighted by molar-refractivity contribution is 5.90. The van der Waals surface area contributed by atoms with E-state index in [1.807, 2.05) is 29.1 Å². The van der Waals surface area contributed by atoms with Crippen LogP contribution in [0.1, 0.15) is 38.2 Å². The maximum atomic E-state index is 12.3. The third kappa shape index (κ3) is 4.29. The molecule has 0 aliphatic carbocycles. The van der Waals surface area contributed by atoms with E-state index in [4.69, 9.17) is 9.47 Å². The minimum atomic E-state index is -0.0723. The summed E-state index contributed by atoms with van der Waals surface area (Å²) >= 11 is 0. The molecule has 0 unspecified atom stereocenters. The van der Waals surface area contributed by atoms with Crippen molar-refractivity contribution in [3.63, 3.8) is 0 Å². The number of pyridine rings is 1. The standard InChI is InChI=1S/C20H24N2O3/c1-3-15(4-2)16-7-9-22(10-8-16)14-20(23)21-17-5-6-18-19(13-17)25-12-11-24-18/h5-10,13,15H,3-4,11-12,14H2,1-2H3/p+1. The third-order valence-corrected chi connectivity index (χ3v) is 4.53. The Labute approximate surface area is 148 Å². The van der Waals surface area contributed by atoms with Gasteiger partial charge in [0, 0.05) is 23.9 Å². The summed E-state index contributed by atoms with van der Waals surface area (Å²) in [6.45, 7) is 5.77. The number of fused-ring (bicyclic) bond motifs is 1. The highest BCUT2D eigenvalue weighted by Crippen LogP contribution is 2.32. The molecule has 1 amide bonds. The average molecular weight is 341 g/mol. The lowest BCUT2D eigenvalue weighted by molar-refractivity contribution is -0.684. The first-order valence-electron chi connectivity index (χ1n) is 8.88. The molecular weight excluding hydrogens is 316 g/mol. The fourth-order valence-corrected chi connectivity index (χ4v) is 3.09. The van der Waals surface area contributed by atoms with Crippen molar-refractivity contribution in [2.45, 2.75) is 39.2 Å². The number of rotatable bonds is 6. The zero-order valence-corrected chi connectivity index (χ0v) is 14.8. The number of carbonyl (C=O) groups excluding carboxylic acids is 1. The van der Waals surface area contributed by atoms with Crippen molar-refractivity contribution in [1.82, 2.24) is 0 Å². The Morgan fingerprint density at radius 1 is 1.08 bits per heavy atom. The van der Waals surface area contributed by atoms with Crippen LogP contribution in [0, 0.1) is 0 Å². The fraction of sp³-hybridized carbons (Fsp3) is 0.400. The van der Waals surface area contributed by atoms with E-state index >= 15 is 0 Å². The summed E-state index contributed by atoms with van der Waals surface area (Å²) in [7, 11) is 0. The molecule has 0 bridgehead atoms. The quantitative estimate of drug-likeness (QED) is 0.820. The first kappa shape index (κ1) is 17.3. The Hall–Kier alpha value is -2.56. The van der Waals surface area contributed by atoms with Gasteiger partial charge in [-0.15, -0.1) is 0 Å². The van der Waals surface area contributed by atoms with Crippen molar-refractivity contribution >= 4 is 11.6 Å². The van der Waals surface area contributed by atoms with Crippen molar-refractivity contribution in [2.24, 2.45) is 0 Å². The Balaban J connectivity index is 1.61. The average Bonchev–Trinajstić information content (AvgIpc) is 2.64. The lowest BCUT2D eigenvalue weighted by atomic mass is 9.95. The lowest BCUT2D eigenvalue weighted by Crippen LogP contribution is -2.39. The van der Waals surface area contributed by atoms with Gasteiger partial charge in [0.25, 0.3) is 5.91 Å². The van der Waals surface area contributed by atoms with Gasteiger partial charge in [0.1, 0.15) is 13.2 Å². The molecule has 1 aromatic heterocycles. The van der Waals surface area contributed by atoms with E-state index in [0.717, 1.165) is 18.6 Å². The molecule has 0 saturated heterocycles. The zero-order chi connectivity index (χ0) is 17.6. The van der Waals surface area contributed by atoms with Gasteiger partial charge in [-0.2, -0.15) is 4.57 Å². The van der Waals surface area contributed by atoms with Crippen molar-refractivity contribution in [1.29, 1.82) is 0 Å². The number of benzene rings is 1. The van der Waals surface area contributed by atoms with E-state index in [9.17, 15) is 4.79 Å². The molecule has 1 N–H and O–H groups in total. The minimum absolute atomic E-state index is 0.0723. The van der Waals surface area contributed by atoms with Gasteiger partial charge in [0.2, 0.25) is 6.54 Å². The topological polar surface area (TPSA) is 51.4 Å². The van der Waals surface area contributed by atoms with Crippen molar-refractivity contribution in [3.05, 3.63) is 48.3 Å². The second-order valence-electron chi connectivity index (χ2n) is 6.22. The number of nitrogens with zero attached hydrogens (tertiary/aromatic N) is 1. The van der Waals surface area contributed by atoms with Gasteiger partial charge < -0.3 is 14.8 Å². The number of hydrogen-bond acceptors (Lipinski definition) is 3. The van der Waals surface area contributed by atoms with E-state index in [0.29, 0.717) is 30.6 Å². The normalized spacial score (nSPS) is 12.9. The summed E-state index contributed by atoms with van der Waals surface area (Å²) < 4.78 is 12.9. The van der Waals surface area contributed by atoms with Gasteiger partial charge in [0.05, 0.1) is 0 Å². The van der Waals surface area contributed by atoms with Crippen LogP contribution < -0.4 is 19.4 Å². The molecule has 132 valence electrons. The largest absolute Gasteiger partial charge is 0.486 e. The molecule has 3 rings (SSSR count). The highest BCUT2D eigenvalue weighted by Gasteiger charge is 2.15. The predicted molar refractivity (Wildman–Crippen MR) is 96.0 cm³/mol. The minimum Gasteiger partial charge on any atom is -0.486 e. The van der Waals surface area contributed by atoms with E-state index < -0.39 is 0 Å². The Kier molecular flexibility index (Phi) is 5.53. The number of hydrogen-bond donors (Lipinski definition) is 1. The third-order valence-electron chi connectivity index (χ3n) is 4.53. The van der Waals surface area contributed by atoms with Crippen LogP contribution in [0.4, 0.5) is 5.69 Å². The van der Waals surface area contributed by atoms with Crippen molar-refractivity contribution < 1.29 is 18.8 Å². The van der Waals surface area contributed by atoms with Gasteiger partial charge in [-0.3, -0.25) is 4.79 Å². The molecule has 1 aliphatic heterocycles. The Bertz CT molecular complexity index is 724. The molecule has 2 aromatic rings. The SMILES string of the molecule is CCC(CC)c1cc[n+](CC(=O)Nc2ccc3c(c2)OCCO3)cc1. The molecule has 1 aromatic carbocycles. The molecule has 1 aliphatic rings. The van der Waals surface area contributed by atoms with E-state index in [1.54, 1.807) is 6.07 Å². The van der Waals surface area contributed by atoms with Gasteiger partial charge in [-0.1, -0.05) is 13.8 Å². The second kappa shape index (κ2) is 8.01. The van der Waals surface area contributed by atoms with E-state index in [1.165, 1.54) is 5.56 Å². The summed E-state index contributed by atoms with van der Waals surface area (Å²) in [5.74, 6) is 1.90. The predicted octanol–water partition coefficient (Wildman–Crippen LogP) is 3.29. The molecule has 0 saturated carbocycles. The monoisotopic (exact) mass is 341 g/mol. The number of aromatic nitrogens is 1. The van der Waals surface area contributed by atoms with Crippen molar-refractivity contribution in [3.8, 4) is 11.5 Å². The molecule has 0 atom stereocenters. The number of amides is 1. The van der Waals surface area contributed by atoms with Crippen LogP contribution in [0.15, 0.2) is 42.7 Å². The summed E-state index contributed by atoms with van der Waals surface area (Å²) in [6, 6.07) is 9.66. The molecule has 0 radical (unpaired) electrons. The number of carbonyl (C=O) groups is 1. The fourth-order valence-electron chi connectivity index (χ4n) is 3.09. The van der Waals surface area contributed by atoms with Gasteiger partial charge in [-0.05, 0) is 36.5 Å².